The largest absolute Gasteiger partial charge is 0.356 e. The molecule has 0 bridgehead atoms. The van der Waals surface area contributed by atoms with Crippen LogP contribution in [0.3, 0.4) is 0 Å². The highest BCUT2D eigenvalue weighted by molar-refractivity contribution is 6.89. The second-order valence-corrected chi connectivity index (χ2v) is 9.67. The maximum atomic E-state index is 5.20. The van der Waals surface area contributed by atoms with Crippen LogP contribution in [0, 0.1) is 0 Å². The Morgan fingerprint density at radius 2 is 1.94 bits per heavy atom. The lowest BCUT2D eigenvalue weighted by molar-refractivity contribution is -0.106. The topological polar surface area (TPSA) is 31.4 Å². The van der Waals surface area contributed by atoms with Gasteiger partial charge in [0.15, 0.2) is 6.29 Å². The molecule has 0 fully saturated rings. The molecule has 0 atom stereocenters. The zero-order valence-electron chi connectivity index (χ0n) is 11.3. The van der Waals surface area contributed by atoms with Crippen molar-refractivity contribution >= 4 is 13.4 Å². The van der Waals surface area contributed by atoms with Crippen LogP contribution in [0.25, 0.3) is 0 Å². The molecule has 96 valence electrons. The molecule has 0 N–H and O–H groups in total. The molecule has 0 aromatic carbocycles. The van der Waals surface area contributed by atoms with Crippen LogP contribution in [0.2, 0.25) is 19.1 Å². The Hall–Kier alpha value is -0.713. The molecule has 3 nitrogen and oxygen atoms in total. The highest BCUT2D eigenvalue weighted by Crippen LogP contribution is 2.15. The molecule has 1 heterocycles. The molecule has 0 radical (unpaired) electrons. The summed E-state index contributed by atoms with van der Waals surface area (Å²) < 4.78 is 10.4. The quantitative estimate of drug-likeness (QED) is 0.552. The number of hydrogen-bond acceptors (Lipinski definition) is 3. The van der Waals surface area contributed by atoms with Gasteiger partial charge >= 0.3 is 0 Å². The predicted octanol–water partition coefficient (Wildman–Crippen LogP) is 2.40. The first kappa shape index (κ1) is 14.3. The molecule has 0 aliphatic rings. The van der Waals surface area contributed by atoms with Gasteiger partial charge in [-0.3, -0.25) is 4.98 Å². The van der Waals surface area contributed by atoms with Gasteiger partial charge < -0.3 is 9.47 Å². The third kappa shape index (κ3) is 4.58. The summed E-state index contributed by atoms with van der Waals surface area (Å²) in [7, 11) is 1.99. The summed E-state index contributed by atoms with van der Waals surface area (Å²) in [6.07, 6.45) is 3.90. The summed E-state index contributed by atoms with van der Waals surface area (Å²) in [6, 6.07) is 7.41. The minimum absolute atomic E-state index is 0.0662. The zero-order chi connectivity index (χ0) is 12.7. The van der Waals surface area contributed by atoms with E-state index < -0.39 is 8.07 Å². The lowest BCUT2D eigenvalue weighted by Crippen LogP contribution is -2.43. The molecule has 1 rings (SSSR count). The average molecular weight is 253 g/mol. The van der Waals surface area contributed by atoms with Gasteiger partial charge in [-0.15, -0.1) is 0 Å². The number of methoxy groups -OCH3 is 2. The van der Waals surface area contributed by atoms with Gasteiger partial charge in [0.1, 0.15) is 8.07 Å². The van der Waals surface area contributed by atoms with Gasteiger partial charge in [-0.2, -0.15) is 0 Å². The van der Waals surface area contributed by atoms with Gasteiger partial charge in [-0.25, -0.2) is 0 Å². The van der Waals surface area contributed by atoms with Gasteiger partial charge in [0.25, 0.3) is 0 Å². The summed E-state index contributed by atoms with van der Waals surface area (Å²) in [5.74, 6) is 0. The number of rotatable bonds is 7. The molecule has 0 saturated carbocycles. The van der Waals surface area contributed by atoms with E-state index in [0.29, 0.717) is 0 Å². The minimum Gasteiger partial charge on any atom is -0.356 e. The van der Waals surface area contributed by atoms with Crippen LogP contribution in [-0.2, 0) is 9.47 Å². The minimum atomic E-state index is -1.39. The van der Waals surface area contributed by atoms with E-state index >= 15 is 0 Å². The fourth-order valence-corrected chi connectivity index (χ4v) is 4.25. The maximum absolute atomic E-state index is 5.20. The van der Waals surface area contributed by atoms with Crippen LogP contribution in [0.1, 0.15) is 12.8 Å². The lowest BCUT2D eigenvalue weighted by atomic mass is 10.3. The smallest absolute Gasteiger partial charge is 0.156 e. The first-order valence-corrected chi connectivity index (χ1v) is 9.28. The van der Waals surface area contributed by atoms with Crippen molar-refractivity contribution in [1.29, 1.82) is 0 Å². The van der Waals surface area contributed by atoms with Crippen molar-refractivity contribution in [3.05, 3.63) is 24.4 Å². The van der Waals surface area contributed by atoms with Crippen LogP contribution < -0.4 is 5.32 Å². The van der Waals surface area contributed by atoms with E-state index in [4.69, 9.17) is 9.47 Å². The third-order valence-electron chi connectivity index (χ3n) is 3.13. The van der Waals surface area contributed by atoms with Gasteiger partial charge in [0, 0.05) is 25.7 Å². The van der Waals surface area contributed by atoms with Crippen LogP contribution >= 0.6 is 0 Å². The first-order valence-electron chi connectivity index (χ1n) is 6.07. The van der Waals surface area contributed by atoms with Gasteiger partial charge in [-0.05, 0) is 18.6 Å². The van der Waals surface area contributed by atoms with Crippen molar-refractivity contribution in [3.63, 3.8) is 0 Å². The number of nitrogens with zero attached hydrogens (tertiary/aromatic N) is 1. The Balaban J connectivity index is 2.45. The summed E-state index contributed by atoms with van der Waals surface area (Å²) in [6.45, 7) is 4.73. The summed E-state index contributed by atoms with van der Waals surface area (Å²) in [4.78, 5) is 4.49. The summed E-state index contributed by atoms with van der Waals surface area (Å²) in [5, 5.41) is 1.28. The summed E-state index contributed by atoms with van der Waals surface area (Å²) in [5.41, 5.74) is 0. The van der Waals surface area contributed by atoms with Crippen molar-refractivity contribution in [2.24, 2.45) is 0 Å². The van der Waals surface area contributed by atoms with Crippen LogP contribution in [-0.4, -0.2) is 33.6 Å². The molecule has 0 aliphatic carbocycles. The monoisotopic (exact) mass is 253 g/mol. The molecule has 1 aromatic heterocycles. The Bertz CT molecular complexity index is 312. The fraction of sp³-hybridized carbons (Fsp3) is 0.615. The molecule has 0 unspecified atom stereocenters. The van der Waals surface area contributed by atoms with E-state index in [-0.39, 0.29) is 6.29 Å². The van der Waals surface area contributed by atoms with E-state index in [0.717, 1.165) is 12.8 Å². The van der Waals surface area contributed by atoms with Crippen molar-refractivity contribution in [2.75, 3.05) is 14.2 Å². The number of pyridine rings is 1. The van der Waals surface area contributed by atoms with Crippen LogP contribution in [0.4, 0.5) is 0 Å². The Labute approximate surface area is 105 Å². The first-order chi connectivity index (χ1) is 8.10. The van der Waals surface area contributed by atoms with Crippen molar-refractivity contribution < 1.29 is 9.47 Å². The van der Waals surface area contributed by atoms with E-state index in [2.05, 4.69) is 30.2 Å². The maximum Gasteiger partial charge on any atom is 0.156 e. The molecule has 17 heavy (non-hydrogen) atoms. The Morgan fingerprint density at radius 3 is 2.47 bits per heavy atom. The lowest BCUT2D eigenvalue weighted by Gasteiger charge is -2.22. The third-order valence-corrected chi connectivity index (χ3v) is 6.41. The molecule has 4 heteroatoms. The molecule has 0 amide bonds. The summed E-state index contributed by atoms with van der Waals surface area (Å²) >= 11 is 0. The highest BCUT2D eigenvalue weighted by atomic mass is 28.3. The van der Waals surface area contributed by atoms with Crippen molar-refractivity contribution in [3.8, 4) is 0 Å². The van der Waals surface area contributed by atoms with Crippen molar-refractivity contribution in [1.82, 2.24) is 4.98 Å². The molecular weight excluding hydrogens is 230 g/mol. The molecule has 1 aromatic rings. The van der Waals surface area contributed by atoms with E-state index in [1.54, 1.807) is 14.2 Å². The number of hydrogen-bond donors (Lipinski definition) is 0. The normalized spacial score (nSPS) is 12.1. The average Bonchev–Trinajstić information content (AvgIpc) is 2.36. The van der Waals surface area contributed by atoms with E-state index in [9.17, 15) is 0 Å². The van der Waals surface area contributed by atoms with Gasteiger partial charge in [-0.1, -0.05) is 31.6 Å². The van der Waals surface area contributed by atoms with Crippen LogP contribution in [0.15, 0.2) is 24.4 Å². The van der Waals surface area contributed by atoms with Gasteiger partial charge in [0.05, 0.1) is 0 Å². The fourth-order valence-electron chi connectivity index (χ4n) is 1.93. The van der Waals surface area contributed by atoms with E-state index in [1.165, 1.54) is 11.4 Å². The highest BCUT2D eigenvalue weighted by Gasteiger charge is 2.24. The second kappa shape index (κ2) is 6.89. The standard InChI is InChI=1S/C13H23NO2Si/c1-15-13(16-2)9-7-11-17(3,4)12-8-5-6-10-14-12/h5-6,8,10,13H,7,9,11H2,1-4H3. The van der Waals surface area contributed by atoms with Gasteiger partial charge in [0.2, 0.25) is 0 Å². The number of ether oxygens (including phenoxy) is 2. The predicted molar refractivity (Wildman–Crippen MR) is 73.2 cm³/mol. The second-order valence-electron chi connectivity index (χ2n) is 4.89. The zero-order valence-corrected chi connectivity index (χ0v) is 12.3. The molecular formula is C13H23NO2Si. The molecule has 0 spiro atoms. The van der Waals surface area contributed by atoms with Crippen molar-refractivity contribution in [2.45, 2.75) is 38.3 Å². The Morgan fingerprint density at radius 1 is 1.24 bits per heavy atom. The van der Waals surface area contributed by atoms with E-state index in [1.807, 2.05) is 12.3 Å². The Kier molecular flexibility index (Phi) is 5.81. The number of aromatic nitrogens is 1. The molecule has 0 saturated heterocycles. The van der Waals surface area contributed by atoms with Crippen LogP contribution in [0.5, 0.6) is 0 Å². The molecule has 0 aliphatic heterocycles. The SMILES string of the molecule is COC(CCC[Si](C)(C)c1ccccn1)OC.